The van der Waals surface area contributed by atoms with Crippen LogP contribution < -0.4 is 10.9 Å². The van der Waals surface area contributed by atoms with Crippen molar-refractivity contribution >= 4 is 33.1 Å². The highest BCUT2D eigenvalue weighted by molar-refractivity contribution is 7.15. The average Bonchev–Trinajstić information content (AvgIpc) is 3.41. The maximum absolute atomic E-state index is 13.6. The van der Waals surface area contributed by atoms with Crippen molar-refractivity contribution in [1.29, 1.82) is 0 Å². The normalized spacial score (nSPS) is 12.5. The molecule has 0 aliphatic carbocycles. The first-order valence-corrected chi connectivity index (χ1v) is 10.7. The van der Waals surface area contributed by atoms with Crippen LogP contribution in [0.25, 0.3) is 27.1 Å². The van der Waals surface area contributed by atoms with Crippen molar-refractivity contribution in [3.05, 3.63) is 76.0 Å². The number of aromatic nitrogens is 5. The summed E-state index contributed by atoms with van der Waals surface area (Å²) in [5.74, 6) is 0.657. The monoisotopic (exact) mass is 416 g/mol. The maximum atomic E-state index is 13.6. The molecule has 0 saturated carbocycles. The highest BCUT2D eigenvalue weighted by atomic mass is 32.1. The van der Waals surface area contributed by atoms with E-state index in [-0.39, 0.29) is 11.6 Å². The first-order valence-electron chi connectivity index (χ1n) is 9.79. The van der Waals surface area contributed by atoms with E-state index in [2.05, 4.69) is 43.6 Å². The smallest absolute Gasteiger partial charge is 0.264 e. The molecule has 1 atom stereocenters. The lowest BCUT2D eigenvalue weighted by atomic mass is 9.97. The van der Waals surface area contributed by atoms with E-state index in [0.717, 1.165) is 33.6 Å². The lowest BCUT2D eigenvalue weighted by molar-refractivity contribution is 0.866. The number of H-pyrrole nitrogens is 1. The third-order valence-corrected chi connectivity index (χ3v) is 6.21. The van der Waals surface area contributed by atoms with Crippen LogP contribution in [0.5, 0.6) is 0 Å². The van der Waals surface area contributed by atoms with Crippen LogP contribution in [-0.2, 0) is 6.42 Å². The number of nitrogens with one attached hydrogen (secondary N) is 2. The van der Waals surface area contributed by atoms with Crippen molar-refractivity contribution < 1.29 is 0 Å². The van der Waals surface area contributed by atoms with Crippen molar-refractivity contribution in [2.45, 2.75) is 26.3 Å². The van der Waals surface area contributed by atoms with Crippen LogP contribution in [0, 0.1) is 0 Å². The summed E-state index contributed by atoms with van der Waals surface area (Å²) in [6, 6.07) is 11.8. The minimum absolute atomic E-state index is 0.00910. The van der Waals surface area contributed by atoms with Crippen molar-refractivity contribution in [2.75, 3.05) is 5.32 Å². The number of aryl methyl sites for hydroxylation is 1. The molecule has 7 nitrogen and oxygen atoms in total. The number of imidazole rings is 1. The second-order valence-electron chi connectivity index (χ2n) is 7.09. The van der Waals surface area contributed by atoms with Gasteiger partial charge in [0.05, 0.1) is 17.9 Å². The maximum Gasteiger partial charge on any atom is 0.264 e. The summed E-state index contributed by atoms with van der Waals surface area (Å²) in [5.41, 5.74) is 4.92. The van der Waals surface area contributed by atoms with Gasteiger partial charge >= 0.3 is 0 Å². The Morgan fingerprint density at radius 3 is 2.83 bits per heavy atom. The number of pyridine rings is 1. The lowest BCUT2D eigenvalue weighted by Crippen LogP contribution is -2.21. The van der Waals surface area contributed by atoms with Crippen LogP contribution >= 0.6 is 11.3 Å². The van der Waals surface area contributed by atoms with E-state index in [0.29, 0.717) is 17.0 Å². The predicted octanol–water partition coefficient (Wildman–Crippen LogP) is 4.43. The molecule has 1 aromatic carbocycles. The van der Waals surface area contributed by atoms with Gasteiger partial charge in [-0.2, -0.15) is 0 Å². The third kappa shape index (κ3) is 2.96. The number of fused-ring (bicyclic) bond motifs is 2. The molecule has 1 unspecified atom stereocenters. The van der Waals surface area contributed by atoms with E-state index in [9.17, 15) is 4.79 Å². The summed E-state index contributed by atoms with van der Waals surface area (Å²) in [4.78, 5) is 30.4. The second kappa shape index (κ2) is 7.38. The highest BCUT2D eigenvalue weighted by Gasteiger charge is 2.21. The van der Waals surface area contributed by atoms with Gasteiger partial charge in [-0.25, -0.2) is 15.0 Å². The van der Waals surface area contributed by atoms with E-state index in [1.54, 1.807) is 17.7 Å². The molecule has 0 aliphatic heterocycles. The van der Waals surface area contributed by atoms with E-state index >= 15 is 0 Å². The molecule has 4 aromatic heterocycles. The van der Waals surface area contributed by atoms with Gasteiger partial charge in [-0.15, -0.1) is 11.3 Å². The number of benzene rings is 1. The van der Waals surface area contributed by atoms with Crippen LogP contribution in [0.4, 0.5) is 5.82 Å². The summed E-state index contributed by atoms with van der Waals surface area (Å²) in [6.45, 7) is 4.11. The third-order valence-electron chi connectivity index (χ3n) is 5.28. The molecular formula is C22H20N6OS. The van der Waals surface area contributed by atoms with Crippen molar-refractivity contribution in [2.24, 2.45) is 0 Å². The zero-order chi connectivity index (χ0) is 20.7. The summed E-state index contributed by atoms with van der Waals surface area (Å²) >= 11 is 1.59. The van der Waals surface area contributed by atoms with Gasteiger partial charge in [0.25, 0.3) is 5.56 Å². The molecule has 5 rings (SSSR count). The summed E-state index contributed by atoms with van der Waals surface area (Å²) < 4.78 is 1.83. The van der Waals surface area contributed by atoms with Crippen LogP contribution in [0.15, 0.2) is 59.2 Å². The number of anilines is 1. The van der Waals surface area contributed by atoms with Gasteiger partial charge < -0.3 is 10.3 Å². The predicted molar refractivity (Wildman–Crippen MR) is 120 cm³/mol. The van der Waals surface area contributed by atoms with Crippen molar-refractivity contribution in [3.63, 3.8) is 0 Å². The Balaban J connectivity index is 1.69. The standard InChI is InChI=1S/C22H20N6OS/c1-3-15-10-30-17-9-16(18(22(29)28(15)17)14-7-5-4-6-8-14)13(2)27-21-19-20(24-11-23-19)25-12-26-21/h4-13H,3H2,1-2H3,(H2,23,24,25,26,27). The SMILES string of the molecule is CCc1csc2cc(C(C)Nc3ncnc4nc[nH]c34)c(-c3ccccc3)c(=O)n12. The largest absolute Gasteiger partial charge is 0.362 e. The molecule has 8 heteroatoms. The van der Waals surface area contributed by atoms with Crippen molar-refractivity contribution in [1.82, 2.24) is 24.3 Å². The number of hydrogen-bond acceptors (Lipinski definition) is 6. The first kappa shape index (κ1) is 18.5. The van der Waals surface area contributed by atoms with Crippen LogP contribution in [0.2, 0.25) is 0 Å². The minimum atomic E-state index is -0.161. The molecule has 0 saturated heterocycles. The number of aromatic amines is 1. The van der Waals surface area contributed by atoms with Crippen molar-refractivity contribution in [3.8, 4) is 11.1 Å². The van der Waals surface area contributed by atoms with E-state index in [4.69, 9.17) is 0 Å². The molecule has 2 N–H and O–H groups in total. The second-order valence-corrected chi connectivity index (χ2v) is 7.98. The molecule has 0 radical (unpaired) electrons. The molecule has 0 bridgehead atoms. The Morgan fingerprint density at radius 2 is 2.03 bits per heavy atom. The quantitative estimate of drug-likeness (QED) is 0.442. The number of rotatable bonds is 5. The first-order chi connectivity index (χ1) is 14.7. The van der Waals surface area contributed by atoms with Gasteiger partial charge in [-0.3, -0.25) is 9.20 Å². The molecule has 4 heterocycles. The Hall–Kier alpha value is -3.52. The summed E-state index contributed by atoms with van der Waals surface area (Å²) in [6.07, 6.45) is 3.89. The van der Waals surface area contributed by atoms with Crippen LogP contribution in [0.3, 0.4) is 0 Å². The molecule has 30 heavy (non-hydrogen) atoms. The summed E-state index contributed by atoms with van der Waals surface area (Å²) in [5, 5.41) is 5.51. The summed E-state index contributed by atoms with van der Waals surface area (Å²) in [7, 11) is 0. The Labute approximate surface area is 176 Å². The highest BCUT2D eigenvalue weighted by Crippen LogP contribution is 2.31. The zero-order valence-corrected chi connectivity index (χ0v) is 17.4. The molecule has 0 spiro atoms. The van der Waals surface area contributed by atoms with E-state index in [1.165, 1.54) is 6.33 Å². The fraction of sp³-hybridized carbons (Fsp3) is 0.182. The Bertz CT molecular complexity index is 1400. The average molecular weight is 417 g/mol. The van der Waals surface area contributed by atoms with E-state index < -0.39 is 0 Å². The molecule has 0 aliphatic rings. The van der Waals surface area contributed by atoms with Crippen LogP contribution in [-0.4, -0.2) is 24.3 Å². The van der Waals surface area contributed by atoms with Gasteiger partial charge in [-0.1, -0.05) is 37.3 Å². The molecule has 150 valence electrons. The molecular weight excluding hydrogens is 396 g/mol. The van der Waals surface area contributed by atoms with Gasteiger partial charge in [-0.05, 0) is 30.5 Å². The molecule has 5 aromatic rings. The topological polar surface area (TPSA) is 88.0 Å². The molecule has 0 fully saturated rings. The van der Waals surface area contributed by atoms with Gasteiger partial charge in [0.2, 0.25) is 0 Å². The lowest BCUT2D eigenvalue weighted by Gasteiger charge is -2.19. The number of nitrogens with zero attached hydrogens (tertiary/aromatic N) is 4. The fourth-order valence-corrected chi connectivity index (χ4v) is 4.81. The Morgan fingerprint density at radius 1 is 1.20 bits per heavy atom. The van der Waals surface area contributed by atoms with Crippen LogP contribution in [0.1, 0.15) is 31.1 Å². The number of hydrogen-bond donors (Lipinski definition) is 2. The van der Waals surface area contributed by atoms with E-state index in [1.807, 2.05) is 41.7 Å². The fourth-order valence-electron chi connectivity index (χ4n) is 3.78. The Kier molecular flexibility index (Phi) is 4.55. The minimum Gasteiger partial charge on any atom is -0.362 e. The van der Waals surface area contributed by atoms with Gasteiger partial charge in [0, 0.05) is 11.1 Å². The zero-order valence-electron chi connectivity index (χ0n) is 16.6. The number of thiazole rings is 1. The van der Waals surface area contributed by atoms with Gasteiger partial charge in [0.15, 0.2) is 11.5 Å². The molecule has 0 amide bonds. The van der Waals surface area contributed by atoms with Gasteiger partial charge in [0.1, 0.15) is 16.7 Å².